The standard InChI is InChI=1S/C18H16F3NO2/c1-23-14-9-16-15(17(10-14)24-2)6-7-22(16)11-12-4-3-5-13(8-12)18(19,20)21/h3-10H,11H2,1-2H3. The van der Waals surface area contributed by atoms with Crippen molar-refractivity contribution < 1.29 is 22.6 Å². The highest BCUT2D eigenvalue weighted by molar-refractivity contribution is 5.88. The molecule has 3 aromatic rings. The summed E-state index contributed by atoms with van der Waals surface area (Å²) in [7, 11) is 3.12. The quantitative estimate of drug-likeness (QED) is 0.688. The highest BCUT2D eigenvalue weighted by Crippen LogP contribution is 2.33. The molecule has 0 aliphatic rings. The lowest BCUT2D eigenvalue weighted by Gasteiger charge is -2.11. The van der Waals surface area contributed by atoms with Crippen LogP contribution in [0.3, 0.4) is 0 Å². The van der Waals surface area contributed by atoms with Gasteiger partial charge in [-0.05, 0) is 23.8 Å². The van der Waals surface area contributed by atoms with E-state index < -0.39 is 11.7 Å². The van der Waals surface area contributed by atoms with Crippen molar-refractivity contribution in [1.82, 2.24) is 4.57 Å². The fourth-order valence-electron chi connectivity index (χ4n) is 2.70. The van der Waals surface area contributed by atoms with E-state index in [0.29, 0.717) is 23.6 Å². The van der Waals surface area contributed by atoms with Crippen LogP contribution in [0, 0.1) is 0 Å². The highest BCUT2D eigenvalue weighted by atomic mass is 19.4. The molecule has 6 heteroatoms. The Morgan fingerprint density at radius 2 is 1.79 bits per heavy atom. The van der Waals surface area contributed by atoms with Crippen molar-refractivity contribution in [3.05, 3.63) is 59.8 Å². The number of rotatable bonds is 4. The van der Waals surface area contributed by atoms with Gasteiger partial charge in [0.1, 0.15) is 11.5 Å². The van der Waals surface area contributed by atoms with Gasteiger partial charge < -0.3 is 14.0 Å². The molecular weight excluding hydrogens is 319 g/mol. The monoisotopic (exact) mass is 335 g/mol. The lowest BCUT2D eigenvalue weighted by atomic mass is 10.1. The van der Waals surface area contributed by atoms with E-state index in [2.05, 4.69) is 0 Å². The Balaban J connectivity index is 2.02. The molecule has 3 nitrogen and oxygen atoms in total. The van der Waals surface area contributed by atoms with Gasteiger partial charge in [0.2, 0.25) is 0 Å². The number of hydrogen-bond donors (Lipinski definition) is 0. The lowest BCUT2D eigenvalue weighted by Crippen LogP contribution is -2.06. The van der Waals surface area contributed by atoms with Crippen molar-refractivity contribution >= 4 is 10.9 Å². The Kier molecular flexibility index (Phi) is 4.13. The largest absolute Gasteiger partial charge is 0.497 e. The maximum atomic E-state index is 12.9. The summed E-state index contributed by atoms with van der Waals surface area (Å²) in [6.45, 7) is 0.323. The molecule has 0 spiro atoms. The van der Waals surface area contributed by atoms with Gasteiger partial charge in [-0.1, -0.05) is 12.1 Å². The first kappa shape index (κ1) is 16.2. The average Bonchev–Trinajstić information content (AvgIpc) is 2.96. The molecular formula is C18H16F3NO2. The van der Waals surface area contributed by atoms with Gasteiger partial charge in [-0.15, -0.1) is 0 Å². The molecule has 0 saturated carbocycles. The van der Waals surface area contributed by atoms with Crippen molar-refractivity contribution in [3.63, 3.8) is 0 Å². The summed E-state index contributed by atoms with van der Waals surface area (Å²) in [6, 6.07) is 10.8. The molecule has 0 amide bonds. The summed E-state index contributed by atoms with van der Waals surface area (Å²) in [5.74, 6) is 1.29. The summed E-state index contributed by atoms with van der Waals surface area (Å²) in [6.07, 6.45) is -2.52. The summed E-state index contributed by atoms with van der Waals surface area (Å²) < 4.78 is 51.1. The predicted octanol–water partition coefficient (Wildman–Crippen LogP) is 4.73. The molecule has 0 atom stereocenters. The molecule has 3 rings (SSSR count). The van der Waals surface area contributed by atoms with E-state index in [0.717, 1.165) is 17.0 Å². The van der Waals surface area contributed by atoms with Gasteiger partial charge in [0.15, 0.2) is 0 Å². The number of methoxy groups -OCH3 is 2. The number of hydrogen-bond acceptors (Lipinski definition) is 2. The molecule has 0 fully saturated rings. The molecule has 0 aliphatic carbocycles. The fourth-order valence-corrected chi connectivity index (χ4v) is 2.70. The molecule has 1 heterocycles. The number of halogens is 3. The number of fused-ring (bicyclic) bond motifs is 1. The Hall–Kier alpha value is -2.63. The van der Waals surface area contributed by atoms with Gasteiger partial charge in [-0.2, -0.15) is 13.2 Å². The SMILES string of the molecule is COc1cc(OC)c2ccn(Cc3cccc(C(F)(F)F)c3)c2c1. The molecule has 0 radical (unpaired) electrons. The van der Waals surface area contributed by atoms with Crippen LogP contribution in [-0.2, 0) is 12.7 Å². The van der Waals surface area contributed by atoms with Gasteiger partial charge in [-0.3, -0.25) is 0 Å². The topological polar surface area (TPSA) is 23.4 Å². The zero-order chi connectivity index (χ0) is 17.3. The fraction of sp³-hybridized carbons (Fsp3) is 0.222. The van der Waals surface area contributed by atoms with Crippen molar-refractivity contribution in [2.75, 3.05) is 14.2 Å². The van der Waals surface area contributed by atoms with Gasteiger partial charge in [0.25, 0.3) is 0 Å². The molecule has 2 aromatic carbocycles. The van der Waals surface area contributed by atoms with E-state index in [1.54, 1.807) is 26.4 Å². The highest BCUT2D eigenvalue weighted by Gasteiger charge is 2.30. The number of alkyl halides is 3. The third kappa shape index (κ3) is 3.04. The maximum Gasteiger partial charge on any atom is 0.416 e. The van der Waals surface area contributed by atoms with Gasteiger partial charge in [0.05, 0.1) is 25.3 Å². The normalized spacial score (nSPS) is 11.7. The third-order valence-electron chi connectivity index (χ3n) is 3.89. The van der Waals surface area contributed by atoms with E-state index in [4.69, 9.17) is 9.47 Å². The van der Waals surface area contributed by atoms with E-state index >= 15 is 0 Å². The van der Waals surface area contributed by atoms with Crippen molar-refractivity contribution in [2.24, 2.45) is 0 Å². The van der Waals surface area contributed by atoms with Crippen LogP contribution in [0.5, 0.6) is 11.5 Å². The van der Waals surface area contributed by atoms with Crippen molar-refractivity contribution in [1.29, 1.82) is 0 Å². The number of benzene rings is 2. The minimum absolute atomic E-state index is 0.323. The summed E-state index contributed by atoms with van der Waals surface area (Å²) >= 11 is 0. The Labute approximate surface area is 137 Å². The minimum Gasteiger partial charge on any atom is -0.497 e. The van der Waals surface area contributed by atoms with Crippen LogP contribution in [0.2, 0.25) is 0 Å². The van der Waals surface area contributed by atoms with Crippen molar-refractivity contribution in [2.45, 2.75) is 12.7 Å². The van der Waals surface area contributed by atoms with Crippen LogP contribution in [0.25, 0.3) is 10.9 Å². The minimum atomic E-state index is -4.35. The van der Waals surface area contributed by atoms with Gasteiger partial charge >= 0.3 is 6.18 Å². The predicted molar refractivity (Wildman–Crippen MR) is 85.6 cm³/mol. The second kappa shape index (κ2) is 6.11. The van der Waals surface area contributed by atoms with E-state index in [1.165, 1.54) is 12.1 Å². The van der Waals surface area contributed by atoms with E-state index in [1.807, 2.05) is 22.9 Å². The van der Waals surface area contributed by atoms with Crippen LogP contribution >= 0.6 is 0 Å². The summed E-state index contributed by atoms with van der Waals surface area (Å²) in [5, 5.41) is 0.880. The Morgan fingerprint density at radius 1 is 1.00 bits per heavy atom. The zero-order valence-electron chi connectivity index (χ0n) is 13.2. The second-order valence-corrected chi connectivity index (χ2v) is 5.40. The average molecular weight is 335 g/mol. The lowest BCUT2D eigenvalue weighted by molar-refractivity contribution is -0.137. The molecule has 24 heavy (non-hydrogen) atoms. The van der Waals surface area contributed by atoms with E-state index in [9.17, 15) is 13.2 Å². The Bertz CT molecular complexity index is 868. The molecule has 0 unspecified atom stereocenters. The molecule has 0 aliphatic heterocycles. The van der Waals surface area contributed by atoms with Crippen LogP contribution in [0.4, 0.5) is 13.2 Å². The zero-order valence-corrected chi connectivity index (χ0v) is 13.2. The first-order valence-electron chi connectivity index (χ1n) is 7.29. The first-order valence-corrected chi connectivity index (χ1v) is 7.29. The maximum absolute atomic E-state index is 12.9. The third-order valence-corrected chi connectivity index (χ3v) is 3.89. The van der Waals surface area contributed by atoms with Crippen molar-refractivity contribution in [3.8, 4) is 11.5 Å². The van der Waals surface area contributed by atoms with Gasteiger partial charge in [-0.25, -0.2) is 0 Å². The van der Waals surface area contributed by atoms with Gasteiger partial charge in [0, 0.05) is 30.3 Å². The van der Waals surface area contributed by atoms with Crippen LogP contribution in [0.1, 0.15) is 11.1 Å². The number of aromatic nitrogens is 1. The van der Waals surface area contributed by atoms with Crippen LogP contribution in [-0.4, -0.2) is 18.8 Å². The van der Waals surface area contributed by atoms with Crippen LogP contribution < -0.4 is 9.47 Å². The molecule has 0 N–H and O–H groups in total. The molecule has 1 aromatic heterocycles. The first-order chi connectivity index (χ1) is 11.4. The molecule has 126 valence electrons. The molecule has 0 bridgehead atoms. The number of nitrogens with zero attached hydrogens (tertiary/aromatic N) is 1. The van der Waals surface area contributed by atoms with Crippen LogP contribution in [0.15, 0.2) is 48.7 Å². The molecule has 0 saturated heterocycles. The summed E-state index contributed by atoms with van der Waals surface area (Å²) in [5.41, 5.74) is 0.763. The smallest absolute Gasteiger partial charge is 0.416 e. The second-order valence-electron chi connectivity index (χ2n) is 5.40. The Morgan fingerprint density at radius 3 is 2.46 bits per heavy atom. The van der Waals surface area contributed by atoms with E-state index in [-0.39, 0.29) is 0 Å². The summed E-state index contributed by atoms with van der Waals surface area (Å²) in [4.78, 5) is 0. The number of ether oxygens (including phenoxy) is 2.